The number of nitrogens with one attached hydrogen (secondary N) is 1. The van der Waals surface area contributed by atoms with Gasteiger partial charge < -0.3 is 19.6 Å². The van der Waals surface area contributed by atoms with Gasteiger partial charge in [-0.15, -0.1) is 0 Å². The molecule has 1 aromatic rings. The van der Waals surface area contributed by atoms with E-state index in [1.165, 1.54) is 11.1 Å². The summed E-state index contributed by atoms with van der Waals surface area (Å²) < 4.78 is 17.2. The van der Waals surface area contributed by atoms with Crippen LogP contribution in [0.4, 0.5) is 0 Å². The van der Waals surface area contributed by atoms with Crippen LogP contribution < -0.4 is 9.47 Å². The van der Waals surface area contributed by atoms with E-state index in [0.717, 1.165) is 43.9 Å². The molecule has 5 heteroatoms. The zero-order valence-corrected chi connectivity index (χ0v) is 15.6. The van der Waals surface area contributed by atoms with E-state index in [-0.39, 0.29) is 17.2 Å². The predicted molar refractivity (Wildman–Crippen MR) is 97.0 cm³/mol. The van der Waals surface area contributed by atoms with Gasteiger partial charge in [-0.2, -0.15) is 0 Å². The fraction of sp³-hybridized carbons (Fsp3) is 0.650. The summed E-state index contributed by atoms with van der Waals surface area (Å²) in [6, 6.07) is 4.16. The highest BCUT2D eigenvalue weighted by molar-refractivity contribution is 5.74. The Morgan fingerprint density at radius 1 is 1.32 bits per heavy atom. The summed E-state index contributed by atoms with van der Waals surface area (Å²) in [5.74, 6) is 2.13. The largest absolute Gasteiger partial charge is 0.493 e. The lowest BCUT2D eigenvalue weighted by molar-refractivity contribution is 0.0765. The third-order valence-electron chi connectivity index (χ3n) is 6.15. The third-order valence-corrected chi connectivity index (χ3v) is 6.15. The maximum Gasteiger partial charge on any atom is 0.161 e. The lowest BCUT2D eigenvalue weighted by Gasteiger charge is -2.49. The van der Waals surface area contributed by atoms with Gasteiger partial charge in [0.2, 0.25) is 0 Å². The zero-order valence-electron chi connectivity index (χ0n) is 15.6. The molecule has 2 saturated heterocycles. The van der Waals surface area contributed by atoms with Gasteiger partial charge in [-0.25, -0.2) is 0 Å². The van der Waals surface area contributed by atoms with Crippen LogP contribution in [0.2, 0.25) is 0 Å². The molecule has 0 aromatic heterocycles. The highest BCUT2D eigenvalue weighted by Gasteiger charge is 2.65. The van der Waals surface area contributed by atoms with Crippen molar-refractivity contribution in [3.8, 4) is 11.5 Å². The Morgan fingerprint density at radius 2 is 2.04 bits per heavy atom. The molecule has 136 valence electrons. The van der Waals surface area contributed by atoms with E-state index < -0.39 is 0 Å². The number of hydrogen-bond donors (Lipinski definition) is 1. The van der Waals surface area contributed by atoms with Crippen LogP contribution in [0.1, 0.15) is 37.8 Å². The summed E-state index contributed by atoms with van der Waals surface area (Å²) in [6.45, 7) is 6.38. The number of rotatable bonds is 5. The van der Waals surface area contributed by atoms with Crippen LogP contribution in [0.15, 0.2) is 12.1 Å². The summed E-state index contributed by atoms with van der Waals surface area (Å²) >= 11 is 0. The molecule has 3 heterocycles. The highest BCUT2D eigenvalue weighted by atomic mass is 16.6. The molecule has 0 amide bonds. The van der Waals surface area contributed by atoms with Gasteiger partial charge >= 0.3 is 0 Å². The van der Waals surface area contributed by atoms with Crippen molar-refractivity contribution < 1.29 is 14.2 Å². The molecule has 0 saturated carbocycles. The molecule has 3 unspecified atom stereocenters. The Labute approximate surface area is 149 Å². The SMILES string of the molecule is COc1cc2c(cc1OC)C1(C=N)CC3OC3(CC(C)C)CN1CC2. The van der Waals surface area contributed by atoms with E-state index in [0.29, 0.717) is 5.92 Å². The van der Waals surface area contributed by atoms with Crippen molar-refractivity contribution in [3.63, 3.8) is 0 Å². The fourth-order valence-corrected chi connectivity index (χ4v) is 5.00. The number of fused-ring (bicyclic) bond motifs is 4. The number of ether oxygens (including phenoxy) is 3. The van der Waals surface area contributed by atoms with Gasteiger partial charge in [0, 0.05) is 25.7 Å². The fourth-order valence-electron chi connectivity index (χ4n) is 5.00. The molecular weight excluding hydrogens is 316 g/mol. The van der Waals surface area contributed by atoms with Crippen molar-refractivity contribution in [3.05, 3.63) is 23.3 Å². The molecule has 3 aliphatic heterocycles. The molecule has 1 aromatic carbocycles. The first-order chi connectivity index (χ1) is 12.0. The smallest absolute Gasteiger partial charge is 0.161 e. The van der Waals surface area contributed by atoms with Crippen LogP contribution in [0.3, 0.4) is 0 Å². The molecule has 5 nitrogen and oxygen atoms in total. The lowest BCUT2D eigenvalue weighted by atomic mass is 9.72. The van der Waals surface area contributed by atoms with Crippen LogP contribution in [-0.2, 0) is 16.7 Å². The second kappa shape index (κ2) is 5.71. The van der Waals surface area contributed by atoms with Crippen molar-refractivity contribution >= 4 is 6.21 Å². The van der Waals surface area contributed by atoms with Crippen LogP contribution in [-0.4, -0.2) is 50.1 Å². The van der Waals surface area contributed by atoms with Crippen molar-refractivity contribution in [1.29, 1.82) is 5.41 Å². The van der Waals surface area contributed by atoms with Crippen LogP contribution in [0, 0.1) is 11.3 Å². The van der Waals surface area contributed by atoms with Crippen LogP contribution in [0.25, 0.3) is 0 Å². The minimum Gasteiger partial charge on any atom is -0.493 e. The second-order valence-electron chi connectivity index (χ2n) is 8.08. The van der Waals surface area contributed by atoms with E-state index in [4.69, 9.17) is 19.6 Å². The molecule has 0 aliphatic carbocycles. The quantitative estimate of drug-likeness (QED) is 0.659. The van der Waals surface area contributed by atoms with Gasteiger partial charge in [-0.1, -0.05) is 13.8 Å². The van der Waals surface area contributed by atoms with Crippen molar-refractivity contribution in [2.75, 3.05) is 27.3 Å². The number of methoxy groups -OCH3 is 2. The molecule has 3 atom stereocenters. The number of hydrogen-bond acceptors (Lipinski definition) is 5. The lowest BCUT2D eigenvalue weighted by Crippen LogP contribution is -2.59. The highest BCUT2D eigenvalue weighted by Crippen LogP contribution is 2.56. The van der Waals surface area contributed by atoms with Gasteiger partial charge in [0.1, 0.15) is 5.60 Å². The van der Waals surface area contributed by atoms with Crippen LogP contribution >= 0.6 is 0 Å². The van der Waals surface area contributed by atoms with Gasteiger partial charge in [-0.05, 0) is 42.0 Å². The standard InChI is InChI=1S/C20H28N2O3/c1-13(2)9-20-12-22-6-5-14-7-16(23-3)17(24-4)8-15(14)19(22,11-21)10-18(20)25-20/h7-8,11,13,18,21H,5-6,9-10,12H2,1-4H3. The van der Waals surface area contributed by atoms with Gasteiger partial charge in [0.05, 0.1) is 25.9 Å². The molecule has 1 N–H and O–H groups in total. The van der Waals surface area contributed by atoms with E-state index in [9.17, 15) is 0 Å². The van der Waals surface area contributed by atoms with Crippen molar-refractivity contribution in [2.24, 2.45) is 5.92 Å². The van der Waals surface area contributed by atoms with E-state index in [1.807, 2.05) is 0 Å². The summed E-state index contributed by atoms with van der Waals surface area (Å²) in [7, 11) is 3.34. The number of nitrogens with zero attached hydrogens (tertiary/aromatic N) is 1. The van der Waals surface area contributed by atoms with Gasteiger partial charge in [0.25, 0.3) is 0 Å². The molecule has 4 rings (SSSR count). The first-order valence-corrected chi connectivity index (χ1v) is 9.18. The molecule has 3 aliphatic rings. The predicted octanol–water partition coefficient (Wildman–Crippen LogP) is 2.99. The van der Waals surface area contributed by atoms with Crippen LogP contribution in [0.5, 0.6) is 11.5 Å². The Hall–Kier alpha value is -1.59. The molecule has 25 heavy (non-hydrogen) atoms. The first-order valence-electron chi connectivity index (χ1n) is 9.18. The number of epoxide rings is 1. The third kappa shape index (κ3) is 2.40. The maximum absolute atomic E-state index is 8.29. The number of piperidine rings is 1. The minimum absolute atomic E-state index is 0.00867. The first kappa shape index (κ1) is 16.9. The minimum atomic E-state index is -0.380. The van der Waals surface area contributed by atoms with Gasteiger partial charge in [0.15, 0.2) is 11.5 Å². The topological polar surface area (TPSA) is 58.1 Å². The number of benzene rings is 1. The monoisotopic (exact) mass is 344 g/mol. The molecule has 0 spiro atoms. The molecule has 0 bridgehead atoms. The Kier molecular flexibility index (Phi) is 3.85. The maximum atomic E-state index is 8.29. The second-order valence-corrected chi connectivity index (χ2v) is 8.08. The average Bonchev–Trinajstić information content (AvgIpc) is 3.28. The Morgan fingerprint density at radius 3 is 2.68 bits per heavy atom. The summed E-state index contributed by atoms with van der Waals surface area (Å²) in [5, 5.41) is 8.29. The van der Waals surface area contributed by atoms with Crippen molar-refractivity contribution in [2.45, 2.75) is 50.4 Å². The summed E-state index contributed by atoms with van der Waals surface area (Å²) in [4.78, 5) is 2.46. The van der Waals surface area contributed by atoms with Gasteiger partial charge in [-0.3, -0.25) is 4.90 Å². The van der Waals surface area contributed by atoms with E-state index in [2.05, 4.69) is 30.9 Å². The normalized spacial score (nSPS) is 33.2. The van der Waals surface area contributed by atoms with E-state index in [1.54, 1.807) is 20.4 Å². The van der Waals surface area contributed by atoms with E-state index >= 15 is 0 Å². The summed E-state index contributed by atoms with van der Waals surface area (Å²) in [5.41, 5.74) is 2.07. The Balaban J connectivity index is 1.74. The molecule has 2 fully saturated rings. The van der Waals surface area contributed by atoms with Crippen molar-refractivity contribution in [1.82, 2.24) is 4.90 Å². The Bertz CT molecular complexity index is 704. The summed E-state index contributed by atoms with van der Waals surface area (Å²) in [6.07, 6.45) is 4.80. The average molecular weight is 344 g/mol. The zero-order chi connectivity index (χ0) is 17.8. The molecule has 0 radical (unpaired) electrons. The molecular formula is C20H28N2O3.